The maximum absolute atomic E-state index is 12.0. The van der Waals surface area contributed by atoms with Crippen LogP contribution in [0.15, 0.2) is 24.3 Å². The number of benzene rings is 1. The van der Waals surface area contributed by atoms with Gasteiger partial charge in [0.05, 0.1) is 6.04 Å². The summed E-state index contributed by atoms with van der Waals surface area (Å²) in [5, 5.41) is 3.76. The van der Waals surface area contributed by atoms with Crippen LogP contribution in [0.1, 0.15) is 31.4 Å². The van der Waals surface area contributed by atoms with E-state index in [1.807, 2.05) is 45.3 Å². The van der Waals surface area contributed by atoms with Crippen molar-refractivity contribution in [3.63, 3.8) is 0 Å². The summed E-state index contributed by atoms with van der Waals surface area (Å²) >= 11 is 5.86. The lowest BCUT2D eigenvalue weighted by Gasteiger charge is -2.25. The fraction of sp³-hybridized carbons (Fsp3) is 0.500. The molecule has 0 fully saturated rings. The van der Waals surface area contributed by atoms with E-state index in [0.29, 0.717) is 11.4 Å². The number of carbonyl (C=O) groups is 1. The Morgan fingerprint density at radius 3 is 2.56 bits per heavy atom. The highest BCUT2D eigenvalue weighted by Gasteiger charge is 2.16. The van der Waals surface area contributed by atoms with Crippen LogP contribution in [0, 0.1) is 0 Å². The van der Waals surface area contributed by atoms with E-state index in [1.165, 1.54) is 0 Å². The zero-order valence-corrected chi connectivity index (χ0v) is 12.0. The highest BCUT2D eigenvalue weighted by Crippen LogP contribution is 2.21. The SMILES string of the molecule is CNCCCC(=O)N(C)C(C)c1ccc(Cl)cc1. The van der Waals surface area contributed by atoms with Gasteiger partial charge in [0.1, 0.15) is 0 Å². The van der Waals surface area contributed by atoms with Crippen molar-refractivity contribution in [1.82, 2.24) is 10.2 Å². The number of amides is 1. The van der Waals surface area contributed by atoms with Gasteiger partial charge in [-0.2, -0.15) is 0 Å². The smallest absolute Gasteiger partial charge is 0.222 e. The first kappa shape index (κ1) is 15.0. The fourth-order valence-corrected chi connectivity index (χ4v) is 1.90. The average molecular weight is 269 g/mol. The van der Waals surface area contributed by atoms with Crippen LogP contribution in [-0.2, 0) is 4.79 Å². The third-order valence-electron chi connectivity index (χ3n) is 3.14. The molecule has 100 valence electrons. The minimum absolute atomic E-state index is 0.0735. The van der Waals surface area contributed by atoms with Crippen LogP contribution in [0.2, 0.25) is 5.02 Å². The minimum atomic E-state index is 0.0735. The van der Waals surface area contributed by atoms with Gasteiger partial charge in [0.2, 0.25) is 5.91 Å². The van der Waals surface area contributed by atoms with Gasteiger partial charge in [0.25, 0.3) is 0 Å². The molecule has 1 atom stereocenters. The van der Waals surface area contributed by atoms with E-state index in [4.69, 9.17) is 11.6 Å². The summed E-state index contributed by atoms with van der Waals surface area (Å²) in [6.07, 6.45) is 1.45. The number of nitrogens with zero attached hydrogens (tertiary/aromatic N) is 1. The van der Waals surface area contributed by atoms with Gasteiger partial charge in [-0.15, -0.1) is 0 Å². The molecule has 1 amide bonds. The van der Waals surface area contributed by atoms with Crippen LogP contribution in [0.25, 0.3) is 0 Å². The van der Waals surface area contributed by atoms with Gasteiger partial charge >= 0.3 is 0 Å². The lowest BCUT2D eigenvalue weighted by Crippen LogP contribution is -2.30. The largest absolute Gasteiger partial charge is 0.339 e. The van der Waals surface area contributed by atoms with Crippen molar-refractivity contribution in [1.29, 1.82) is 0 Å². The molecule has 0 radical (unpaired) electrons. The van der Waals surface area contributed by atoms with Crippen molar-refractivity contribution in [2.45, 2.75) is 25.8 Å². The summed E-state index contributed by atoms with van der Waals surface area (Å²) in [4.78, 5) is 13.8. The fourth-order valence-electron chi connectivity index (χ4n) is 1.77. The van der Waals surface area contributed by atoms with Crippen LogP contribution in [-0.4, -0.2) is 31.4 Å². The molecule has 0 saturated heterocycles. The van der Waals surface area contributed by atoms with E-state index in [9.17, 15) is 4.79 Å². The number of rotatable bonds is 6. The molecule has 18 heavy (non-hydrogen) atoms. The van der Waals surface area contributed by atoms with Crippen molar-refractivity contribution in [3.05, 3.63) is 34.9 Å². The zero-order chi connectivity index (χ0) is 13.5. The lowest BCUT2D eigenvalue weighted by molar-refractivity contribution is -0.131. The molecule has 0 aliphatic heterocycles. The van der Waals surface area contributed by atoms with Crippen molar-refractivity contribution in [2.24, 2.45) is 0 Å². The van der Waals surface area contributed by atoms with E-state index in [2.05, 4.69) is 5.32 Å². The van der Waals surface area contributed by atoms with Gasteiger partial charge in [-0.1, -0.05) is 23.7 Å². The summed E-state index contributed by atoms with van der Waals surface area (Å²) in [5.41, 5.74) is 1.10. The third-order valence-corrected chi connectivity index (χ3v) is 3.40. The van der Waals surface area contributed by atoms with Crippen LogP contribution < -0.4 is 5.32 Å². The maximum atomic E-state index is 12.0. The van der Waals surface area contributed by atoms with E-state index in [1.54, 1.807) is 4.90 Å². The molecule has 1 unspecified atom stereocenters. The second kappa shape index (κ2) is 7.39. The molecule has 0 aromatic heterocycles. The third kappa shape index (κ3) is 4.31. The van der Waals surface area contributed by atoms with Crippen molar-refractivity contribution >= 4 is 17.5 Å². The van der Waals surface area contributed by atoms with Gasteiger partial charge in [-0.3, -0.25) is 4.79 Å². The molecule has 3 nitrogen and oxygen atoms in total. The average Bonchev–Trinajstić information content (AvgIpc) is 2.38. The number of carbonyl (C=O) groups excluding carboxylic acids is 1. The Kier molecular flexibility index (Phi) is 6.16. The highest BCUT2D eigenvalue weighted by atomic mass is 35.5. The number of hydrogen-bond acceptors (Lipinski definition) is 2. The zero-order valence-electron chi connectivity index (χ0n) is 11.2. The first-order chi connectivity index (χ1) is 8.56. The normalized spacial score (nSPS) is 12.2. The molecule has 0 aliphatic rings. The van der Waals surface area contributed by atoms with E-state index < -0.39 is 0 Å². The first-order valence-electron chi connectivity index (χ1n) is 6.22. The molecule has 1 rings (SSSR count). The molecule has 0 bridgehead atoms. The summed E-state index contributed by atoms with van der Waals surface area (Å²) in [6.45, 7) is 2.90. The number of hydrogen-bond donors (Lipinski definition) is 1. The van der Waals surface area contributed by atoms with Gasteiger partial charge in [0, 0.05) is 18.5 Å². The summed E-state index contributed by atoms with van der Waals surface area (Å²) in [7, 11) is 3.74. The molecule has 0 spiro atoms. The van der Waals surface area contributed by atoms with Gasteiger partial charge in [-0.05, 0) is 44.6 Å². The lowest BCUT2D eigenvalue weighted by atomic mass is 10.1. The monoisotopic (exact) mass is 268 g/mol. The molecule has 0 aliphatic carbocycles. The quantitative estimate of drug-likeness (QED) is 0.805. The molecule has 0 heterocycles. The Bertz CT molecular complexity index is 378. The van der Waals surface area contributed by atoms with E-state index >= 15 is 0 Å². The molecule has 4 heteroatoms. The van der Waals surface area contributed by atoms with Gasteiger partial charge < -0.3 is 10.2 Å². The predicted octanol–water partition coefficient (Wildman–Crippen LogP) is 2.86. The first-order valence-corrected chi connectivity index (χ1v) is 6.59. The van der Waals surface area contributed by atoms with Gasteiger partial charge in [-0.25, -0.2) is 0 Å². The molecule has 1 aromatic rings. The highest BCUT2D eigenvalue weighted by molar-refractivity contribution is 6.30. The van der Waals surface area contributed by atoms with Crippen molar-refractivity contribution < 1.29 is 4.79 Å². The summed E-state index contributed by atoms with van der Waals surface area (Å²) in [5.74, 6) is 0.174. The minimum Gasteiger partial charge on any atom is -0.339 e. The second-order valence-electron chi connectivity index (χ2n) is 4.44. The molecule has 1 aromatic carbocycles. The van der Waals surface area contributed by atoms with Crippen LogP contribution in [0.4, 0.5) is 0 Å². The van der Waals surface area contributed by atoms with Crippen molar-refractivity contribution in [3.8, 4) is 0 Å². The standard InChI is InChI=1S/C14H21ClN2O/c1-11(12-6-8-13(15)9-7-12)17(3)14(18)5-4-10-16-2/h6-9,11,16H,4-5,10H2,1-3H3. The topological polar surface area (TPSA) is 32.3 Å². The Morgan fingerprint density at radius 2 is 2.00 bits per heavy atom. The molecule has 0 saturated carbocycles. The van der Waals surface area contributed by atoms with E-state index in [0.717, 1.165) is 18.5 Å². The molecular weight excluding hydrogens is 248 g/mol. The van der Waals surface area contributed by atoms with Gasteiger partial charge in [0.15, 0.2) is 0 Å². The number of halogens is 1. The Balaban J connectivity index is 2.57. The molecule has 1 N–H and O–H groups in total. The number of nitrogens with one attached hydrogen (secondary N) is 1. The van der Waals surface area contributed by atoms with Crippen LogP contribution in [0.5, 0.6) is 0 Å². The van der Waals surface area contributed by atoms with Crippen LogP contribution >= 0.6 is 11.6 Å². The Hall–Kier alpha value is -1.06. The maximum Gasteiger partial charge on any atom is 0.222 e. The predicted molar refractivity (Wildman–Crippen MR) is 75.8 cm³/mol. The van der Waals surface area contributed by atoms with Crippen molar-refractivity contribution in [2.75, 3.05) is 20.6 Å². The molecular formula is C14H21ClN2O. The second-order valence-corrected chi connectivity index (χ2v) is 4.88. The van der Waals surface area contributed by atoms with Crippen LogP contribution in [0.3, 0.4) is 0 Å². The van der Waals surface area contributed by atoms with E-state index in [-0.39, 0.29) is 11.9 Å². The Morgan fingerprint density at radius 1 is 1.39 bits per heavy atom. The Labute approximate surface area is 114 Å². The summed E-state index contributed by atoms with van der Waals surface area (Å²) in [6, 6.07) is 7.71. The summed E-state index contributed by atoms with van der Waals surface area (Å²) < 4.78 is 0.